The zero-order chi connectivity index (χ0) is 26.5. The second-order valence-corrected chi connectivity index (χ2v) is 9.77. The molecule has 0 radical (unpaired) electrons. The summed E-state index contributed by atoms with van der Waals surface area (Å²) in [6.45, 7) is 5.06. The van der Waals surface area contributed by atoms with Crippen LogP contribution in [0, 0.1) is 5.92 Å². The van der Waals surface area contributed by atoms with Gasteiger partial charge in [0.2, 0.25) is 17.7 Å². The van der Waals surface area contributed by atoms with Crippen molar-refractivity contribution in [3.05, 3.63) is 35.9 Å². The first-order valence-electron chi connectivity index (χ1n) is 12.8. The van der Waals surface area contributed by atoms with Gasteiger partial charge in [-0.25, -0.2) is 4.79 Å². The van der Waals surface area contributed by atoms with Gasteiger partial charge in [-0.3, -0.25) is 14.4 Å². The van der Waals surface area contributed by atoms with Crippen molar-refractivity contribution >= 4 is 23.7 Å². The van der Waals surface area contributed by atoms with E-state index < -0.39 is 35.9 Å². The lowest BCUT2D eigenvalue weighted by Crippen LogP contribution is -2.57. The lowest BCUT2D eigenvalue weighted by Gasteiger charge is -2.26. The van der Waals surface area contributed by atoms with Gasteiger partial charge in [0.05, 0.1) is 6.04 Å². The minimum Gasteiger partial charge on any atom is -0.480 e. The van der Waals surface area contributed by atoms with Crippen molar-refractivity contribution in [2.24, 2.45) is 11.7 Å². The van der Waals surface area contributed by atoms with E-state index in [-0.39, 0.29) is 24.3 Å². The third-order valence-electron chi connectivity index (χ3n) is 6.19. The standard InChI is InChI=1S/C26H41N5O5/c1-17(2)15-21(25(34)31-22(26(35)36)16-18-9-4-3-5-10-18)30-24(33)20(11-6-7-13-27)29-23(32)19-12-8-14-28-19/h3-5,9-10,17,19-22,28H,6-8,11-16,27H2,1-2H3,(H,29,32)(H,30,33)(H,31,34)(H,35,36). The number of carboxylic acid groups (broad SMARTS) is 1. The van der Waals surface area contributed by atoms with E-state index in [1.807, 2.05) is 19.9 Å². The topological polar surface area (TPSA) is 163 Å². The number of benzene rings is 1. The lowest BCUT2D eigenvalue weighted by atomic mass is 10.0. The molecule has 1 aliphatic rings. The molecule has 4 atom stereocenters. The number of hydrogen-bond acceptors (Lipinski definition) is 6. The molecule has 200 valence electrons. The van der Waals surface area contributed by atoms with Crippen LogP contribution >= 0.6 is 0 Å². The molecule has 0 bridgehead atoms. The molecule has 0 saturated carbocycles. The van der Waals surface area contributed by atoms with E-state index >= 15 is 0 Å². The van der Waals surface area contributed by atoms with Gasteiger partial charge in [-0.05, 0) is 63.1 Å². The summed E-state index contributed by atoms with van der Waals surface area (Å²) >= 11 is 0. The van der Waals surface area contributed by atoms with Crippen molar-refractivity contribution in [3.8, 4) is 0 Å². The van der Waals surface area contributed by atoms with Crippen molar-refractivity contribution < 1.29 is 24.3 Å². The smallest absolute Gasteiger partial charge is 0.326 e. The normalized spacial score (nSPS) is 17.7. The number of carbonyl (C=O) groups is 4. The monoisotopic (exact) mass is 503 g/mol. The third kappa shape index (κ3) is 9.94. The third-order valence-corrected chi connectivity index (χ3v) is 6.19. The Hall–Kier alpha value is -2.98. The molecule has 1 heterocycles. The first kappa shape index (κ1) is 29.3. The first-order chi connectivity index (χ1) is 17.2. The predicted molar refractivity (Wildman–Crippen MR) is 137 cm³/mol. The maximum absolute atomic E-state index is 13.2. The summed E-state index contributed by atoms with van der Waals surface area (Å²) in [5, 5.41) is 21.0. The fraction of sp³-hybridized carbons (Fsp3) is 0.615. The summed E-state index contributed by atoms with van der Waals surface area (Å²) in [5.41, 5.74) is 6.37. The van der Waals surface area contributed by atoms with E-state index in [0.29, 0.717) is 38.6 Å². The summed E-state index contributed by atoms with van der Waals surface area (Å²) in [4.78, 5) is 50.9. The molecule has 10 heteroatoms. The highest BCUT2D eigenvalue weighted by atomic mass is 16.4. The van der Waals surface area contributed by atoms with Crippen LogP contribution in [0.25, 0.3) is 0 Å². The van der Waals surface area contributed by atoms with E-state index in [9.17, 15) is 24.3 Å². The number of rotatable bonds is 15. The summed E-state index contributed by atoms with van der Waals surface area (Å²) in [5.74, 6) is -2.36. The van der Waals surface area contributed by atoms with Crippen molar-refractivity contribution in [1.29, 1.82) is 0 Å². The Kier molecular flexibility index (Phi) is 12.4. The molecule has 36 heavy (non-hydrogen) atoms. The average Bonchev–Trinajstić information content (AvgIpc) is 3.38. The van der Waals surface area contributed by atoms with Crippen LogP contribution < -0.4 is 27.0 Å². The van der Waals surface area contributed by atoms with Crippen LogP contribution in [0.15, 0.2) is 30.3 Å². The SMILES string of the molecule is CC(C)CC(NC(=O)C(CCCCN)NC(=O)C1CCCN1)C(=O)NC(Cc1ccccc1)C(=O)O. The molecular weight excluding hydrogens is 462 g/mol. The number of nitrogens with one attached hydrogen (secondary N) is 4. The lowest BCUT2D eigenvalue weighted by molar-refractivity contribution is -0.142. The fourth-order valence-corrected chi connectivity index (χ4v) is 4.24. The molecule has 2 rings (SSSR count). The molecule has 0 aromatic heterocycles. The van der Waals surface area contributed by atoms with E-state index in [1.165, 1.54) is 0 Å². The summed E-state index contributed by atoms with van der Waals surface area (Å²) in [6, 6.07) is 5.81. The maximum Gasteiger partial charge on any atom is 0.326 e. The highest BCUT2D eigenvalue weighted by Crippen LogP contribution is 2.11. The second kappa shape index (κ2) is 15.2. The number of hydrogen-bond donors (Lipinski definition) is 6. The average molecular weight is 504 g/mol. The molecule has 1 aromatic rings. The summed E-state index contributed by atoms with van der Waals surface area (Å²) in [6.07, 6.45) is 3.79. The molecular formula is C26H41N5O5. The van der Waals surface area contributed by atoms with Crippen LogP contribution in [-0.2, 0) is 25.6 Å². The van der Waals surface area contributed by atoms with Gasteiger partial charge in [-0.1, -0.05) is 44.2 Å². The molecule has 10 nitrogen and oxygen atoms in total. The van der Waals surface area contributed by atoms with E-state index in [1.54, 1.807) is 24.3 Å². The van der Waals surface area contributed by atoms with Crippen molar-refractivity contribution in [2.75, 3.05) is 13.1 Å². The Morgan fingerprint density at radius 1 is 1.00 bits per heavy atom. The molecule has 1 fully saturated rings. The molecule has 4 unspecified atom stereocenters. The molecule has 1 aliphatic heterocycles. The minimum absolute atomic E-state index is 0.0615. The number of nitrogens with two attached hydrogens (primary N) is 1. The van der Waals surface area contributed by atoms with Crippen LogP contribution in [0.2, 0.25) is 0 Å². The molecule has 7 N–H and O–H groups in total. The number of carbonyl (C=O) groups excluding carboxylic acids is 3. The number of aliphatic carboxylic acids is 1. The maximum atomic E-state index is 13.2. The Morgan fingerprint density at radius 3 is 2.25 bits per heavy atom. The summed E-state index contributed by atoms with van der Waals surface area (Å²) < 4.78 is 0. The Bertz CT molecular complexity index is 858. The zero-order valence-corrected chi connectivity index (χ0v) is 21.3. The number of unbranched alkanes of at least 4 members (excludes halogenated alkanes) is 1. The Morgan fingerprint density at radius 2 is 1.67 bits per heavy atom. The van der Waals surface area contributed by atoms with E-state index in [0.717, 1.165) is 18.5 Å². The van der Waals surface area contributed by atoms with Gasteiger partial charge in [-0.15, -0.1) is 0 Å². The van der Waals surface area contributed by atoms with Crippen LogP contribution in [0.4, 0.5) is 0 Å². The fourth-order valence-electron chi connectivity index (χ4n) is 4.24. The van der Waals surface area contributed by atoms with Gasteiger partial charge >= 0.3 is 5.97 Å². The molecule has 1 saturated heterocycles. The van der Waals surface area contributed by atoms with Gasteiger partial charge in [0.1, 0.15) is 18.1 Å². The van der Waals surface area contributed by atoms with Gasteiger partial charge in [-0.2, -0.15) is 0 Å². The first-order valence-corrected chi connectivity index (χ1v) is 12.8. The van der Waals surface area contributed by atoms with Crippen molar-refractivity contribution in [3.63, 3.8) is 0 Å². The van der Waals surface area contributed by atoms with Gasteiger partial charge in [0, 0.05) is 6.42 Å². The molecule has 1 aromatic carbocycles. The van der Waals surface area contributed by atoms with E-state index in [2.05, 4.69) is 21.3 Å². The second-order valence-electron chi connectivity index (χ2n) is 9.77. The minimum atomic E-state index is -1.15. The zero-order valence-electron chi connectivity index (χ0n) is 21.3. The van der Waals surface area contributed by atoms with Gasteiger partial charge < -0.3 is 32.1 Å². The van der Waals surface area contributed by atoms with Crippen molar-refractivity contribution in [2.45, 2.75) is 83.0 Å². The van der Waals surface area contributed by atoms with Gasteiger partial charge in [0.25, 0.3) is 0 Å². The van der Waals surface area contributed by atoms with E-state index in [4.69, 9.17) is 5.73 Å². The Labute approximate surface area is 213 Å². The van der Waals surface area contributed by atoms with Gasteiger partial charge in [0.15, 0.2) is 0 Å². The number of carboxylic acids is 1. The highest BCUT2D eigenvalue weighted by Gasteiger charge is 2.31. The largest absolute Gasteiger partial charge is 0.480 e. The van der Waals surface area contributed by atoms with Crippen LogP contribution in [0.3, 0.4) is 0 Å². The molecule has 0 spiro atoms. The number of amides is 3. The predicted octanol–water partition coefficient (Wildman–Crippen LogP) is 0.695. The highest BCUT2D eigenvalue weighted by molar-refractivity contribution is 5.94. The van der Waals surface area contributed by atoms with Crippen LogP contribution in [-0.4, -0.2) is 66.1 Å². The molecule has 3 amide bonds. The summed E-state index contributed by atoms with van der Waals surface area (Å²) in [7, 11) is 0. The molecule has 0 aliphatic carbocycles. The van der Waals surface area contributed by atoms with Crippen molar-refractivity contribution in [1.82, 2.24) is 21.3 Å². The quantitative estimate of drug-likeness (QED) is 0.192. The van der Waals surface area contributed by atoms with Crippen LogP contribution in [0.5, 0.6) is 0 Å². The Balaban J connectivity index is 2.10. The van der Waals surface area contributed by atoms with Crippen LogP contribution in [0.1, 0.15) is 57.9 Å².